The fraction of sp³-hybridized carbons (Fsp3) is 0.542. The Hall–Kier alpha value is -6.78. The van der Waals surface area contributed by atoms with Gasteiger partial charge in [-0.05, 0) is 106 Å². The number of nitrogens with two attached hydrogens (primary N) is 4. The number of H-pyrrole nitrogens is 1. The number of para-hydroxylation sites is 1. The van der Waals surface area contributed by atoms with Crippen LogP contribution in [0.3, 0.4) is 0 Å². The maximum Gasteiger partial charge on any atom is 0.245 e. The van der Waals surface area contributed by atoms with Crippen molar-refractivity contribution in [3.8, 4) is 5.75 Å². The highest BCUT2D eigenvalue weighted by Gasteiger charge is 2.39. The number of aliphatic imine (C=N–C) groups is 1. The lowest BCUT2D eigenvalue weighted by atomic mass is 10.00. The minimum absolute atomic E-state index is 0.0429. The molecule has 0 spiro atoms. The summed E-state index contributed by atoms with van der Waals surface area (Å²) in [6.45, 7) is 5.77. The highest BCUT2D eigenvalue weighted by Crippen LogP contribution is 2.21. The first-order chi connectivity index (χ1) is 33.4. The number of hydrogen-bond acceptors (Lipinski definition) is 12. The van der Waals surface area contributed by atoms with Crippen molar-refractivity contribution < 1.29 is 43.8 Å². The van der Waals surface area contributed by atoms with Crippen molar-refractivity contribution in [2.24, 2.45) is 33.8 Å². The second-order valence-corrected chi connectivity index (χ2v) is 18.0. The van der Waals surface area contributed by atoms with Gasteiger partial charge >= 0.3 is 0 Å². The van der Waals surface area contributed by atoms with Gasteiger partial charge in [-0.1, -0.05) is 44.2 Å². The summed E-state index contributed by atoms with van der Waals surface area (Å²) in [6.07, 6.45) is 4.27. The summed E-state index contributed by atoms with van der Waals surface area (Å²) in [6, 6.07) is 5.08. The lowest BCUT2D eigenvalue weighted by Crippen LogP contribution is -2.60. The molecule has 4 rings (SSSR count). The minimum atomic E-state index is -1.53. The number of aliphatic hydroxyl groups is 1. The Balaban J connectivity index is 1.54. The van der Waals surface area contributed by atoms with Crippen LogP contribution in [0.25, 0.3) is 10.9 Å². The standard InChI is InChI=1S/C48H73N13O9/c1-4-53-46(69)40-15-10-22-61(40)47(70)36(14-9-21-54-48(51)52)57-43(66)37(23-28(2)3)58-42(65)35(13-7-8-20-49)56-44(67)38(24-29-16-18-31(63)19-17-29)59-45(68)39(27-62)60-41(64)33(50)25-30-26-55-34-12-6-5-11-32(30)34/h5-6,11-12,16-19,26,28,33,35-40,55,62-63H,4,7-10,13-15,20-25,27,49-50H2,1-3H3,(H,53,69)(H,56,67)(H,57,66)(H,58,65)(H,59,68)(H,60,64)(H4,51,52,54)/t33-,35+,36-,37-,38-,39-,40-/m0/s1. The van der Waals surface area contributed by atoms with Crippen LogP contribution in [0.1, 0.15) is 83.3 Å². The molecule has 0 saturated carbocycles. The molecule has 1 aliphatic heterocycles. The van der Waals surface area contributed by atoms with Crippen LogP contribution >= 0.6 is 0 Å². The number of nitrogens with zero attached hydrogens (tertiary/aromatic N) is 2. The number of phenolic OH excluding ortho intramolecular Hbond substituents is 1. The van der Waals surface area contributed by atoms with E-state index >= 15 is 0 Å². The SMILES string of the molecule is CCNC(=O)[C@@H]1CCCN1C(=O)[C@H](CCCN=C(N)N)NC(=O)[C@H](CC(C)C)NC(=O)[C@@H](CCCCN)NC(=O)[C@H](Cc1ccc(O)cc1)NC(=O)[C@H](CO)NC(=O)[C@@H](N)Cc1c[nH]c2ccccc12. The maximum absolute atomic E-state index is 14.3. The van der Waals surface area contributed by atoms with Crippen LogP contribution in [0.15, 0.2) is 59.7 Å². The number of guanidine groups is 1. The normalized spacial score (nSPS) is 16.0. The van der Waals surface area contributed by atoms with Crippen LogP contribution in [-0.2, 0) is 46.4 Å². The van der Waals surface area contributed by atoms with Crippen molar-refractivity contribution in [2.45, 2.75) is 127 Å². The Kier molecular flexibility index (Phi) is 22.3. The zero-order valence-corrected chi connectivity index (χ0v) is 40.4. The van der Waals surface area contributed by atoms with Gasteiger partial charge in [-0.3, -0.25) is 38.6 Å². The molecular formula is C48H73N13O9. The third-order valence-electron chi connectivity index (χ3n) is 11.9. The summed E-state index contributed by atoms with van der Waals surface area (Å²) in [5.74, 6) is -4.92. The summed E-state index contributed by atoms with van der Waals surface area (Å²) in [4.78, 5) is 106. The summed E-state index contributed by atoms with van der Waals surface area (Å²) >= 11 is 0. The number of aliphatic hydroxyl groups excluding tert-OH is 1. The smallest absolute Gasteiger partial charge is 0.245 e. The fourth-order valence-electron chi connectivity index (χ4n) is 8.29. The molecule has 2 aromatic carbocycles. The van der Waals surface area contributed by atoms with E-state index < -0.39 is 84.3 Å². The monoisotopic (exact) mass is 976 g/mol. The van der Waals surface area contributed by atoms with Gasteiger partial charge in [0.2, 0.25) is 41.4 Å². The Bertz CT molecular complexity index is 2250. The molecule has 22 nitrogen and oxygen atoms in total. The van der Waals surface area contributed by atoms with Crippen molar-refractivity contribution in [3.05, 3.63) is 65.9 Å². The van der Waals surface area contributed by atoms with Crippen LogP contribution in [0.5, 0.6) is 5.75 Å². The topological polar surface area (TPSA) is 368 Å². The van der Waals surface area contributed by atoms with Gasteiger partial charge in [0.1, 0.15) is 42.0 Å². The molecule has 1 aromatic heterocycles. The summed E-state index contributed by atoms with van der Waals surface area (Å²) < 4.78 is 0. The van der Waals surface area contributed by atoms with Crippen molar-refractivity contribution in [1.82, 2.24) is 41.8 Å². The van der Waals surface area contributed by atoms with Gasteiger partial charge < -0.3 is 74.9 Å². The highest BCUT2D eigenvalue weighted by molar-refractivity contribution is 5.97. The number of carbonyl (C=O) groups is 7. The number of rotatable bonds is 28. The van der Waals surface area contributed by atoms with E-state index in [1.165, 1.54) is 17.0 Å². The third-order valence-corrected chi connectivity index (χ3v) is 11.9. The predicted octanol–water partition coefficient (Wildman–Crippen LogP) is -1.24. The number of carbonyl (C=O) groups excluding carboxylic acids is 7. The van der Waals surface area contributed by atoms with Gasteiger partial charge in [0.15, 0.2) is 5.96 Å². The number of nitrogens with one attached hydrogen (secondary N) is 7. The number of fused-ring (bicyclic) bond motifs is 1. The quantitative estimate of drug-likeness (QED) is 0.0230. The van der Waals surface area contributed by atoms with Gasteiger partial charge in [0.25, 0.3) is 0 Å². The zero-order chi connectivity index (χ0) is 51.3. The zero-order valence-electron chi connectivity index (χ0n) is 40.4. The van der Waals surface area contributed by atoms with E-state index in [0.717, 1.165) is 16.5 Å². The molecular weight excluding hydrogens is 903 g/mol. The Morgan fingerprint density at radius 2 is 1.40 bits per heavy atom. The molecule has 70 heavy (non-hydrogen) atoms. The van der Waals surface area contributed by atoms with Crippen LogP contribution < -0.4 is 54.8 Å². The molecule has 0 unspecified atom stereocenters. The van der Waals surface area contributed by atoms with Crippen molar-refractivity contribution in [2.75, 3.05) is 32.8 Å². The number of amides is 7. The molecule has 384 valence electrons. The molecule has 3 aromatic rings. The molecule has 17 N–H and O–H groups in total. The molecule has 7 amide bonds. The van der Waals surface area contributed by atoms with Gasteiger partial charge in [0.05, 0.1) is 12.6 Å². The number of hydrogen-bond donors (Lipinski definition) is 13. The van der Waals surface area contributed by atoms with Crippen molar-refractivity contribution in [3.63, 3.8) is 0 Å². The lowest BCUT2D eigenvalue weighted by molar-refractivity contribution is -0.142. The van der Waals surface area contributed by atoms with Crippen LogP contribution in [0.4, 0.5) is 0 Å². The Labute approximate surface area is 408 Å². The number of aromatic amines is 1. The molecule has 7 atom stereocenters. The molecule has 0 bridgehead atoms. The fourth-order valence-corrected chi connectivity index (χ4v) is 8.29. The number of likely N-dealkylation sites (N-methyl/N-ethyl adjacent to an activating group) is 1. The second-order valence-electron chi connectivity index (χ2n) is 18.0. The van der Waals surface area contributed by atoms with E-state index in [1.807, 2.05) is 38.1 Å². The van der Waals surface area contributed by atoms with Crippen LogP contribution in [0, 0.1) is 5.92 Å². The summed E-state index contributed by atoms with van der Waals surface area (Å²) in [5, 5.41) is 37.3. The average Bonchev–Trinajstić information content (AvgIpc) is 3.99. The molecule has 1 fully saturated rings. The second kappa shape index (κ2) is 28.0. The predicted molar refractivity (Wildman–Crippen MR) is 264 cm³/mol. The molecule has 0 radical (unpaired) electrons. The first-order valence-electron chi connectivity index (χ1n) is 24.0. The first-order valence-corrected chi connectivity index (χ1v) is 24.0. The van der Waals surface area contributed by atoms with E-state index in [1.54, 1.807) is 25.3 Å². The third kappa shape index (κ3) is 17.0. The van der Waals surface area contributed by atoms with E-state index in [0.29, 0.717) is 50.8 Å². The minimum Gasteiger partial charge on any atom is -0.508 e. The van der Waals surface area contributed by atoms with Crippen molar-refractivity contribution >= 4 is 58.2 Å². The van der Waals surface area contributed by atoms with Gasteiger partial charge in [0, 0.05) is 43.2 Å². The number of benzene rings is 2. The Morgan fingerprint density at radius 3 is 2.07 bits per heavy atom. The maximum atomic E-state index is 14.3. The van der Waals surface area contributed by atoms with Crippen LogP contribution in [0.2, 0.25) is 0 Å². The van der Waals surface area contributed by atoms with Crippen molar-refractivity contribution in [1.29, 1.82) is 0 Å². The largest absolute Gasteiger partial charge is 0.508 e. The molecule has 1 saturated heterocycles. The number of phenols is 1. The van der Waals surface area contributed by atoms with Gasteiger partial charge in [-0.15, -0.1) is 0 Å². The van der Waals surface area contributed by atoms with E-state index in [2.05, 4.69) is 41.9 Å². The van der Waals surface area contributed by atoms with Gasteiger partial charge in [-0.25, -0.2) is 0 Å². The van der Waals surface area contributed by atoms with Gasteiger partial charge in [-0.2, -0.15) is 0 Å². The molecule has 22 heteroatoms. The van der Waals surface area contributed by atoms with E-state index in [-0.39, 0.29) is 68.7 Å². The number of aromatic hydroxyl groups is 1. The van der Waals surface area contributed by atoms with E-state index in [9.17, 15) is 43.8 Å². The summed E-state index contributed by atoms with van der Waals surface area (Å²) in [7, 11) is 0. The molecule has 2 heterocycles. The molecule has 1 aliphatic rings. The summed E-state index contributed by atoms with van der Waals surface area (Å²) in [5.41, 5.74) is 25.2. The number of likely N-dealkylation sites (tertiary alicyclic amines) is 1. The van der Waals surface area contributed by atoms with Crippen LogP contribution in [-0.4, -0.2) is 142 Å². The average molecular weight is 976 g/mol. The highest BCUT2D eigenvalue weighted by atomic mass is 16.3. The number of unbranched alkanes of at least 4 members (excludes halogenated alkanes) is 1. The molecule has 0 aliphatic carbocycles. The van der Waals surface area contributed by atoms with E-state index in [4.69, 9.17) is 22.9 Å². The number of aromatic nitrogens is 1. The first kappa shape index (κ1) is 55.8. The lowest BCUT2D eigenvalue weighted by Gasteiger charge is -2.30. The Morgan fingerprint density at radius 1 is 0.786 bits per heavy atom.